The van der Waals surface area contributed by atoms with Crippen molar-refractivity contribution in [3.05, 3.63) is 39.6 Å². The van der Waals surface area contributed by atoms with E-state index < -0.39 is 0 Å². The molecule has 2 rings (SSSR count). The van der Waals surface area contributed by atoms with E-state index in [0.29, 0.717) is 12.1 Å². The van der Waals surface area contributed by atoms with Gasteiger partial charge in [0, 0.05) is 24.5 Å². The fraction of sp³-hybridized carbons (Fsp3) is 0.273. The average molecular weight is 346 g/mol. The van der Waals surface area contributed by atoms with Crippen LogP contribution in [0.2, 0.25) is 0 Å². The standard InChI is InChI=1S/C11H12FIN4/c1-2-14-5-8-3-4-15-11(10(8)12)17-7-9(13)6-16-17/h3-4,6-7,14H,2,5H2,1H3. The lowest BCUT2D eigenvalue weighted by Gasteiger charge is -2.07. The lowest BCUT2D eigenvalue weighted by Crippen LogP contribution is -2.14. The van der Waals surface area contributed by atoms with Crippen LogP contribution in [0.3, 0.4) is 0 Å². The molecule has 90 valence electrons. The first-order valence-corrected chi connectivity index (χ1v) is 6.35. The van der Waals surface area contributed by atoms with E-state index in [-0.39, 0.29) is 11.6 Å². The Morgan fingerprint density at radius 1 is 1.53 bits per heavy atom. The van der Waals surface area contributed by atoms with Crippen LogP contribution in [0.1, 0.15) is 12.5 Å². The molecule has 0 aliphatic carbocycles. The molecule has 0 unspecified atom stereocenters. The summed E-state index contributed by atoms with van der Waals surface area (Å²) in [6.07, 6.45) is 5.00. The molecule has 0 aliphatic rings. The third-order valence-corrected chi connectivity index (χ3v) is 2.84. The average Bonchev–Trinajstić information content (AvgIpc) is 2.74. The van der Waals surface area contributed by atoms with Crippen molar-refractivity contribution in [2.24, 2.45) is 0 Å². The van der Waals surface area contributed by atoms with Gasteiger partial charge in [0.2, 0.25) is 0 Å². The second-order valence-corrected chi connectivity index (χ2v) is 4.74. The fourth-order valence-corrected chi connectivity index (χ4v) is 1.83. The minimum atomic E-state index is -0.326. The lowest BCUT2D eigenvalue weighted by atomic mass is 10.2. The Labute approximate surface area is 112 Å². The molecule has 0 spiro atoms. The lowest BCUT2D eigenvalue weighted by molar-refractivity contribution is 0.571. The first-order valence-electron chi connectivity index (χ1n) is 5.27. The Morgan fingerprint density at radius 3 is 3.00 bits per heavy atom. The largest absolute Gasteiger partial charge is 0.313 e. The highest BCUT2D eigenvalue weighted by molar-refractivity contribution is 14.1. The summed E-state index contributed by atoms with van der Waals surface area (Å²) < 4.78 is 16.5. The quantitative estimate of drug-likeness (QED) is 0.863. The highest BCUT2D eigenvalue weighted by atomic mass is 127. The summed E-state index contributed by atoms with van der Waals surface area (Å²) in [5.74, 6) is -0.0868. The van der Waals surface area contributed by atoms with Crippen molar-refractivity contribution < 1.29 is 4.39 Å². The van der Waals surface area contributed by atoms with Crippen molar-refractivity contribution in [1.29, 1.82) is 0 Å². The Morgan fingerprint density at radius 2 is 2.35 bits per heavy atom. The van der Waals surface area contributed by atoms with Gasteiger partial charge in [0.15, 0.2) is 11.6 Å². The maximum Gasteiger partial charge on any atom is 0.190 e. The van der Waals surface area contributed by atoms with E-state index in [0.717, 1.165) is 10.1 Å². The number of aromatic nitrogens is 3. The molecule has 0 aromatic carbocycles. The predicted molar refractivity (Wildman–Crippen MR) is 71.4 cm³/mol. The van der Waals surface area contributed by atoms with E-state index in [2.05, 4.69) is 38.0 Å². The number of nitrogens with zero attached hydrogens (tertiary/aromatic N) is 3. The molecule has 2 aromatic rings. The second-order valence-electron chi connectivity index (χ2n) is 3.49. The van der Waals surface area contributed by atoms with Crippen LogP contribution in [0.15, 0.2) is 24.7 Å². The molecule has 4 nitrogen and oxygen atoms in total. The summed E-state index contributed by atoms with van der Waals surface area (Å²) in [6.45, 7) is 3.28. The molecular weight excluding hydrogens is 334 g/mol. The number of halogens is 2. The van der Waals surface area contributed by atoms with Crippen molar-refractivity contribution in [2.45, 2.75) is 13.5 Å². The van der Waals surface area contributed by atoms with Crippen LogP contribution in [-0.2, 0) is 6.54 Å². The Hall–Kier alpha value is -1.02. The van der Waals surface area contributed by atoms with Gasteiger partial charge in [-0.3, -0.25) is 0 Å². The van der Waals surface area contributed by atoms with Gasteiger partial charge in [-0.2, -0.15) is 5.10 Å². The number of rotatable bonds is 4. The van der Waals surface area contributed by atoms with Gasteiger partial charge >= 0.3 is 0 Å². The van der Waals surface area contributed by atoms with Gasteiger partial charge in [0.05, 0.1) is 9.77 Å². The highest BCUT2D eigenvalue weighted by Gasteiger charge is 2.11. The fourth-order valence-electron chi connectivity index (χ4n) is 1.44. The zero-order chi connectivity index (χ0) is 12.3. The van der Waals surface area contributed by atoms with E-state index in [1.807, 2.05) is 6.92 Å². The van der Waals surface area contributed by atoms with Gasteiger partial charge in [-0.15, -0.1) is 0 Å². The smallest absolute Gasteiger partial charge is 0.190 e. The Bertz CT molecular complexity index is 512. The highest BCUT2D eigenvalue weighted by Crippen LogP contribution is 2.15. The van der Waals surface area contributed by atoms with Crippen LogP contribution in [0.5, 0.6) is 0 Å². The van der Waals surface area contributed by atoms with Crippen LogP contribution < -0.4 is 5.32 Å². The third-order valence-electron chi connectivity index (χ3n) is 2.28. The summed E-state index contributed by atoms with van der Waals surface area (Å²) in [4.78, 5) is 4.02. The summed E-state index contributed by atoms with van der Waals surface area (Å²) in [7, 11) is 0. The second kappa shape index (κ2) is 5.54. The van der Waals surface area contributed by atoms with Crippen LogP contribution >= 0.6 is 22.6 Å². The molecule has 2 aromatic heterocycles. The van der Waals surface area contributed by atoms with Crippen LogP contribution in [-0.4, -0.2) is 21.3 Å². The molecule has 6 heteroatoms. The van der Waals surface area contributed by atoms with Gasteiger partial charge in [-0.05, 0) is 35.2 Å². The van der Waals surface area contributed by atoms with E-state index in [1.54, 1.807) is 24.7 Å². The molecule has 0 bridgehead atoms. The van der Waals surface area contributed by atoms with E-state index in [9.17, 15) is 4.39 Å². The topological polar surface area (TPSA) is 42.7 Å². The summed E-state index contributed by atoms with van der Waals surface area (Å²) in [5, 5.41) is 7.14. The number of hydrogen-bond acceptors (Lipinski definition) is 3. The van der Waals surface area contributed by atoms with Crippen LogP contribution in [0, 0.1) is 9.39 Å². The minimum Gasteiger partial charge on any atom is -0.313 e. The van der Waals surface area contributed by atoms with E-state index >= 15 is 0 Å². The normalized spacial score (nSPS) is 10.8. The van der Waals surface area contributed by atoms with Crippen LogP contribution in [0.25, 0.3) is 5.82 Å². The van der Waals surface area contributed by atoms with Crippen molar-refractivity contribution >= 4 is 22.6 Å². The molecule has 0 saturated heterocycles. The van der Waals surface area contributed by atoms with Crippen LogP contribution in [0.4, 0.5) is 4.39 Å². The molecule has 17 heavy (non-hydrogen) atoms. The number of hydrogen-bond donors (Lipinski definition) is 1. The van der Waals surface area contributed by atoms with Gasteiger partial charge in [-0.25, -0.2) is 14.1 Å². The molecule has 0 radical (unpaired) electrons. The van der Waals surface area contributed by atoms with Crippen molar-refractivity contribution in [1.82, 2.24) is 20.1 Å². The zero-order valence-corrected chi connectivity index (χ0v) is 11.5. The summed E-state index contributed by atoms with van der Waals surface area (Å²) in [6, 6.07) is 1.68. The van der Waals surface area contributed by atoms with Crippen molar-refractivity contribution in [2.75, 3.05) is 6.54 Å². The number of pyridine rings is 1. The maximum atomic E-state index is 14.1. The first kappa shape index (κ1) is 12.4. The Kier molecular flexibility index (Phi) is 4.06. The van der Waals surface area contributed by atoms with Gasteiger partial charge < -0.3 is 5.32 Å². The Balaban J connectivity index is 2.35. The molecule has 0 atom stereocenters. The molecule has 0 saturated carbocycles. The first-order chi connectivity index (χ1) is 8.22. The molecule has 0 fully saturated rings. The van der Waals surface area contributed by atoms with Crippen molar-refractivity contribution in [3.63, 3.8) is 0 Å². The predicted octanol–water partition coefficient (Wildman–Crippen LogP) is 2.12. The molecular formula is C11H12FIN4. The minimum absolute atomic E-state index is 0.239. The van der Waals surface area contributed by atoms with Gasteiger partial charge in [0.1, 0.15) is 0 Å². The monoisotopic (exact) mass is 346 g/mol. The maximum absolute atomic E-state index is 14.1. The third kappa shape index (κ3) is 2.81. The molecule has 0 amide bonds. The van der Waals surface area contributed by atoms with E-state index in [1.165, 1.54) is 4.68 Å². The summed E-state index contributed by atoms with van der Waals surface area (Å²) >= 11 is 2.12. The zero-order valence-electron chi connectivity index (χ0n) is 9.32. The van der Waals surface area contributed by atoms with Gasteiger partial charge in [0.25, 0.3) is 0 Å². The number of nitrogens with one attached hydrogen (secondary N) is 1. The van der Waals surface area contributed by atoms with Crippen molar-refractivity contribution in [3.8, 4) is 5.82 Å². The summed E-state index contributed by atoms with van der Waals surface area (Å²) in [5.41, 5.74) is 0.599. The van der Waals surface area contributed by atoms with E-state index in [4.69, 9.17) is 0 Å². The molecule has 0 aliphatic heterocycles. The molecule has 1 N–H and O–H groups in total. The van der Waals surface area contributed by atoms with Gasteiger partial charge in [-0.1, -0.05) is 6.92 Å². The SMILES string of the molecule is CCNCc1ccnc(-n2cc(I)cn2)c1F. The molecule has 2 heterocycles.